The van der Waals surface area contributed by atoms with E-state index < -0.39 is 5.91 Å². The van der Waals surface area contributed by atoms with E-state index in [1.807, 2.05) is 6.07 Å². The predicted molar refractivity (Wildman–Crippen MR) is 148 cm³/mol. The second kappa shape index (κ2) is 11.3. The largest absolute Gasteiger partial charge is 0.507 e. The lowest BCUT2D eigenvalue weighted by atomic mass is 9.91. The highest BCUT2D eigenvalue weighted by Gasteiger charge is 2.25. The summed E-state index contributed by atoms with van der Waals surface area (Å²) in [6.07, 6.45) is 3.07. The average Bonchev–Trinajstić information content (AvgIpc) is 2.84. The third-order valence-corrected chi connectivity index (χ3v) is 7.33. The Balaban J connectivity index is 1.81. The van der Waals surface area contributed by atoms with Crippen LogP contribution < -0.4 is 10.5 Å². The number of likely N-dealkylation sites (tertiary alicyclic amines) is 1. The van der Waals surface area contributed by atoms with E-state index in [2.05, 4.69) is 57.7 Å². The number of pyridine rings is 1. The van der Waals surface area contributed by atoms with Crippen molar-refractivity contribution in [2.45, 2.75) is 60.4 Å². The minimum Gasteiger partial charge on any atom is -0.507 e. The van der Waals surface area contributed by atoms with Gasteiger partial charge in [0.15, 0.2) is 0 Å². The lowest BCUT2D eigenvalue weighted by molar-refractivity contribution is 0.0997. The number of piperidine rings is 1. The number of nitrogens with zero attached hydrogens (tertiary/aromatic N) is 2. The van der Waals surface area contributed by atoms with E-state index in [4.69, 9.17) is 15.5 Å². The molecular formula is C31H39N3O3. The number of rotatable bonds is 8. The first-order valence-electron chi connectivity index (χ1n) is 13.3. The molecule has 0 aliphatic carbocycles. The molecular weight excluding hydrogens is 462 g/mol. The normalized spacial score (nSPS) is 18.1. The second-order valence-electron chi connectivity index (χ2n) is 10.5. The topological polar surface area (TPSA) is 88.7 Å². The van der Waals surface area contributed by atoms with E-state index in [1.54, 1.807) is 6.07 Å². The van der Waals surface area contributed by atoms with E-state index in [9.17, 15) is 9.90 Å². The van der Waals surface area contributed by atoms with Gasteiger partial charge in [-0.1, -0.05) is 45.9 Å². The van der Waals surface area contributed by atoms with Gasteiger partial charge in [-0.3, -0.25) is 14.7 Å². The molecule has 37 heavy (non-hydrogen) atoms. The Morgan fingerprint density at radius 3 is 2.30 bits per heavy atom. The molecule has 6 heteroatoms. The molecule has 0 spiro atoms. The highest BCUT2D eigenvalue weighted by atomic mass is 16.5. The number of benzene rings is 2. The maximum absolute atomic E-state index is 11.6. The maximum Gasteiger partial charge on any atom is 0.252 e. The number of carbonyl (C=O) groups is 1. The number of phenols is 1. The summed E-state index contributed by atoms with van der Waals surface area (Å²) in [4.78, 5) is 19.2. The van der Waals surface area contributed by atoms with Crippen LogP contribution in [0.3, 0.4) is 0 Å². The van der Waals surface area contributed by atoms with Gasteiger partial charge in [0, 0.05) is 48.6 Å². The number of hydrogen-bond acceptors (Lipinski definition) is 5. The fourth-order valence-corrected chi connectivity index (χ4v) is 5.71. The average molecular weight is 502 g/mol. The molecule has 196 valence electrons. The van der Waals surface area contributed by atoms with E-state index in [-0.39, 0.29) is 11.3 Å². The van der Waals surface area contributed by atoms with Crippen molar-refractivity contribution in [3.8, 4) is 28.5 Å². The summed E-state index contributed by atoms with van der Waals surface area (Å²) in [5.74, 6) is 1.57. The van der Waals surface area contributed by atoms with Crippen LogP contribution in [0.2, 0.25) is 0 Å². The van der Waals surface area contributed by atoms with Crippen LogP contribution in [0.25, 0.3) is 11.3 Å². The molecule has 1 aromatic heterocycles. The summed E-state index contributed by atoms with van der Waals surface area (Å²) >= 11 is 0. The van der Waals surface area contributed by atoms with Crippen LogP contribution in [-0.4, -0.2) is 34.0 Å². The second-order valence-corrected chi connectivity index (χ2v) is 10.5. The number of hydrogen-bond donors (Lipinski definition) is 2. The molecule has 2 atom stereocenters. The number of aryl methyl sites for hydroxylation is 3. The maximum atomic E-state index is 11.6. The van der Waals surface area contributed by atoms with Crippen LogP contribution >= 0.6 is 0 Å². The molecule has 0 bridgehead atoms. The summed E-state index contributed by atoms with van der Waals surface area (Å²) < 4.78 is 6.43. The van der Waals surface area contributed by atoms with Crippen molar-refractivity contribution in [3.63, 3.8) is 0 Å². The number of primary amides is 1. The first-order valence-corrected chi connectivity index (χ1v) is 13.3. The van der Waals surface area contributed by atoms with Gasteiger partial charge in [0.25, 0.3) is 5.91 Å². The monoisotopic (exact) mass is 501 g/mol. The molecule has 1 fully saturated rings. The zero-order chi connectivity index (χ0) is 26.7. The van der Waals surface area contributed by atoms with Gasteiger partial charge in [0.05, 0.1) is 11.3 Å². The Labute approximate surface area is 220 Å². The number of ether oxygens (including phenoxy) is 1. The molecule has 6 nitrogen and oxygen atoms in total. The van der Waals surface area contributed by atoms with Crippen LogP contribution in [0, 0.1) is 18.8 Å². The standard InChI is InChI=1S/C31H39N3O3/c1-6-22-9-8-10-23(7-2)30(22)27-15-29(37-24-11-12-25(31(32)36)28(35)14-24)26(21(5)33-27)18-34-16-19(3)13-20(4)17-34/h8-12,14-15,19-20,35H,6-7,13,16-18H2,1-5H3,(H2,32,36)/t19-,20+. The number of aromatic hydroxyl groups is 1. The minimum absolute atomic E-state index is 0.0694. The van der Waals surface area contributed by atoms with Gasteiger partial charge in [-0.2, -0.15) is 0 Å². The summed E-state index contributed by atoms with van der Waals surface area (Å²) in [5, 5.41) is 10.4. The fourth-order valence-electron chi connectivity index (χ4n) is 5.71. The van der Waals surface area contributed by atoms with E-state index >= 15 is 0 Å². The van der Waals surface area contributed by atoms with Crippen molar-refractivity contribution in [1.82, 2.24) is 9.88 Å². The molecule has 0 radical (unpaired) electrons. The summed E-state index contributed by atoms with van der Waals surface area (Å²) in [7, 11) is 0. The summed E-state index contributed by atoms with van der Waals surface area (Å²) in [5.41, 5.74) is 12.0. The van der Waals surface area contributed by atoms with E-state index in [1.165, 1.54) is 35.2 Å². The molecule has 1 amide bonds. The zero-order valence-corrected chi connectivity index (χ0v) is 22.7. The molecule has 1 saturated heterocycles. The minimum atomic E-state index is -0.677. The Morgan fingerprint density at radius 1 is 1.08 bits per heavy atom. The fraction of sp³-hybridized carbons (Fsp3) is 0.419. The Morgan fingerprint density at radius 2 is 1.73 bits per heavy atom. The molecule has 0 saturated carbocycles. The van der Waals surface area contributed by atoms with Crippen molar-refractivity contribution < 1.29 is 14.6 Å². The van der Waals surface area contributed by atoms with E-state index in [0.717, 1.165) is 49.4 Å². The molecule has 3 N–H and O–H groups in total. The predicted octanol–water partition coefficient (Wildman–Crippen LogP) is 6.26. The van der Waals surface area contributed by atoms with Gasteiger partial charge in [0.2, 0.25) is 0 Å². The molecule has 0 unspecified atom stereocenters. The number of carbonyl (C=O) groups excluding carboxylic acids is 1. The van der Waals surface area contributed by atoms with Crippen LogP contribution in [0.1, 0.15) is 66.9 Å². The molecule has 1 aliphatic rings. The molecule has 3 aromatic rings. The van der Waals surface area contributed by atoms with Crippen molar-refractivity contribution in [3.05, 3.63) is 70.4 Å². The van der Waals surface area contributed by atoms with Crippen LogP contribution in [0.5, 0.6) is 17.2 Å². The lowest BCUT2D eigenvalue weighted by Crippen LogP contribution is -2.38. The van der Waals surface area contributed by atoms with Gasteiger partial charge in [-0.15, -0.1) is 0 Å². The van der Waals surface area contributed by atoms with Crippen molar-refractivity contribution in [2.24, 2.45) is 17.6 Å². The first kappa shape index (κ1) is 26.7. The molecule has 2 heterocycles. The molecule has 1 aliphatic heterocycles. The summed E-state index contributed by atoms with van der Waals surface area (Å²) in [6, 6.07) is 13.1. The van der Waals surface area contributed by atoms with Crippen molar-refractivity contribution in [1.29, 1.82) is 0 Å². The van der Waals surface area contributed by atoms with E-state index in [0.29, 0.717) is 23.3 Å². The summed E-state index contributed by atoms with van der Waals surface area (Å²) in [6.45, 7) is 13.8. The molecule has 2 aromatic carbocycles. The number of aromatic nitrogens is 1. The van der Waals surface area contributed by atoms with Crippen LogP contribution in [0.15, 0.2) is 42.5 Å². The van der Waals surface area contributed by atoms with Gasteiger partial charge >= 0.3 is 0 Å². The number of nitrogens with two attached hydrogens (primary N) is 1. The van der Waals surface area contributed by atoms with Crippen LogP contribution in [0.4, 0.5) is 0 Å². The van der Waals surface area contributed by atoms with Crippen molar-refractivity contribution in [2.75, 3.05) is 13.1 Å². The third-order valence-electron chi connectivity index (χ3n) is 7.33. The highest BCUT2D eigenvalue weighted by molar-refractivity contribution is 5.95. The highest BCUT2D eigenvalue weighted by Crippen LogP contribution is 2.37. The smallest absolute Gasteiger partial charge is 0.252 e. The van der Waals surface area contributed by atoms with Crippen LogP contribution in [-0.2, 0) is 19.4 Å². The SMILES string of the molecule is CCc1cccc(CC)c1-c1cc(Oc2ccc(C(N)=O)c(O)c2)c(CN2C[C@H](C)C[C@H](C)C2)c(C)n1. The Hall–Kier alpha value is -3.38. The van der Waals surface area contributed by atoms with Gasteiger partial charge < -0.3 is 15.6 Å². The number of amides is 1. The van der Waals surface area contributed by atoms with Crippen molar-refractivity contribution >= 4 is 5.91 Å². The van der Waals surface area contributed by atoms with Gasteiger partial charge in [-0.05, 0) is 61.3 Å². The quantitative estimate of drug-likeness (QED) is 0.380. The van der Waals surface area contributed by atoms with Gasteiger partial charge in [-0.25, -0.2) is 0 Å². The Kier molecular flexibility index (Phi) is 8.18. The lowest BCUT2D eigenvalue weighted by Gasteiger charge is -2.35. The first-order chi connectivity index (χ1) is 17.7. The third kappa shape index (κ3) is 5.96. The zero-order valence-electron chi connectivity index (χ0n) is 22.7. The Bertz CT molecular complexity index is 1250. The molecule has 4 rings (SSSR count). The van der Waals surface area contributed by atoms with Gasteiger partial charge in [0.1, 0.15) is 17.2 Å².